The highest BCUT2D eigenvalue weighted by Gasteiger charge is 2.29. The summed E-state index contributed by atoms with van der Waals surface area (Å²) in [7, 11) is 0. The number of hydrogen-bond acceptors (Lipinski definition) is 1. The summed E-state index contributed by atoms with van der Waals surface area (Å²) in [6.45, 7) is 0.805. The van der Waals surface area contributed by atoms with Gasteiger partial charge >= 0.3 is 0 Å². The first-order valence-electron chi connectivity index (χ1n) is 6.39. The van der Waals surface area contributed by atoms with E-state index in [2.05, 4.69) is 46.0 Å². The van der Waals surface area contributed by atoms with E-state index in [0.717, 1.165) is 23.6 Å². The first-order valence-corrected chi connectivity index (χ1v) is 6.39. The van der Waals surface area contributed by atoms with Gasteiger partial charge in [0.2, 0.25) is 5.82 Å². The fraction of sp³-hybridized carbons (Fsp3) is 0.0625. The molecule has 4 heteroatoms. The van der Waals surface area contributed by atoms with Crippen molar-refractivity contribution in [2.24, 2.45) is 0 Å². The van der Waals surface area contributed by atoms with Crippen molar-refractivity contribution in [1.29, 1.82) is 0 Å². The van der Waals surface area contributed by atoms with Crippen LogP contribution in [-0.2, 0) is 6.54 Å². The zero-order chi connectivity index (χ0) is 12.8. The summed E-state index contributed by atoms with van der Waals surface area (Å²) in [5, 5.41) is 2.31. The summed E-state index contributed by atoms with van der Waals surface area (Å²) in [5.41, 5.74) is 8.66. The Morgan fingerprint density at radius 1 is 0.900 bits per heavy atom. The quantitative estimate of drug-likeness (QED) is 0.558. The van der Waals surface area contributed by atoms with Crippen LogP contribution in [-0.4, -0.2) is 10.3 Å². The van der Waals surface area contributed by atoms with E-state index in [1.807, 2.05) is 18.2 Å². The van der Waals surface area contributed by atoms with Crippen molar-refractivity contribution < 1.29 is 22.0 Å². The number of aromatic nitrogens is 1. The Balaban J connectivity index is 0.00000121. The normalized spacial score (nSPS) is 12.9. The van der Waals surface area contributed by atoms with Crippen molar-refractivity contribution >= 4 is 28.1 Å². The van der Waals surface area contributed by atoms with Gasteiger partial charge in [0.15, 0.2) is 12.3 Å². The second-order valence-electron chi connectivity index (χ2n) is 4.84. The van der Waals surface area contributed by atoms with Gasteiger partial charge in [-0.15, -0.1) is 0 Å². The molecule has 2 aromatic carbocycles. The first-order chi connectivity index (χ1) is 9.34. The topological polar surface area (TPSA) is 44.9 Å². The lowest BCUT2D eigenvalue weighted by Gasteiger charge is -1.97. The van der Waals surface area contributed by atoms with Gasteiger partial charge in [0.25, 0.3) is 5.82 Å². The SMILES string of the molecule is Nc1c2ccccc2c2n1CC(c1ccccc1)=[NH+]2.[Br-]. The van der Waals surface area contributed by atoms with Crippen LogP contribution in [0.5, 0.6) is 0 Å². The van der Waals surface area contributed by atoms with E-state index in [-0.39, 0.29) is 17.0 Å². The average molecular weight is 328 g/mol. The molecular formula is C16H14BrN3. The molecule has 0 saturated carbocycles. The number of nitrogens with zero attached hydrogens (tertiary/aromatic N) is 1. The second kappa shape index (κ2) is 4.80. The van der Waals surface area contributed by atoms with Gasteiger partial charge in [0.05, 0.1) is 10.8 Å². The molecule has 100 valence electrons. The fourth-order valence-electron chi connectivity index (χ4n) is 2.77. The summed E-state index contributed by atoms with van der Waals surface area (Å²) in [5.74, 6) is 1.94. The molecular weight excluding hydrogens is 314 g/mol. The molecule has 20 heavy (non-hydrogen) atoms. The van der Waals surface area contributed by atoms with Crippen LogP contribution in [0.1, 0.15) is 5.56 Å². The third-order valence-corrected chi connectivity index (χ3v) is 3.73. The van der Waals surface area contributed by atoms with E-state index in [1.54, 1.807) is 0 Å². The highest BCUT2D eigenvalue weighted by molar-refractivity contribution is 6.05. The number of nitrogen functional groups attached to an aromatic ring is 1. The van der Waals surface area contributed by atoms with E-state index in [9.17, 15) is 0 Å². The molecule has 0 radical (unpaired) electrons. The van der Waals surface area contributed by atoms with E-state index >= 15 is 0 Å². The number of benzene rings is 2. The molecule has 0 aliphatic carbocycles. The predicted molar refractivity (Wildman–Crippen MR) is 77.5 cm³/mol. The highest BCUT2D eigenvalue weighted by atomic mass is 79.9. The minimum absolute atomic E-state index is 0. The molecule has 0 spiro atoms. The Labute approximate surface area is 127 Å². The van der Waals surface area contributed by atoms with Gasteiger partial charge in [-0.2, -0.15) is 0 Å². The number of nitrogens with one attached hydrogen (secondary N) is 1. The Morgan fingerprint density at radius 3 is 2.30 bits per heavy atom. The molecule has 0 unspecified atom stereocenters. The fourth-order valence-corrected chi connectivity index (χ4v) is 2.77. The van der Waals surface area contributed by atoms with Crippen LogP contribution in [0.3, 0.4) is 0 Å². The van der Waals surface area contributed by atoms with Crippen molar-refractivity contribution in [2.45, 2.75) is 6.54 Å². The highest BCUT2D eigenvalue weighted by Crippen LogP contribution is 2.30. The lowest BCUT2D eigenvalue weighted by Crippen LogP contribution is -3.00. The lowest BCUT2D eigenvalue weighted by atomic mass is 10.1. The molecule has 0 amide bonds. The summed E-state index contributed by atoms with van der Waals surface area (Å²) < 4.78 is 2.15. The monoisotopic (exact) mass is 327 g/mol. The van der Waals surface area contributed by atoms with Gasteiger partial charge in [0, 0.05) is 5.56 Å². The maximum atomic E-state index is 6.24. The molecule has 0 bridgehead atoms. The van der Waals surface area contributed by atoms with E-state index < -0.39 is 0 Å². The molecule has 2 heterocycles. The summed E-state index contributed by atoms with van der Waals surface area (Å²) in [4.78, 5) is 3.51. The number of hydrogen-bond donors (Lipinski definition) is 2. The molecule has 0 fully saturated rings. The van der Waals surface area contributed by atoms with Gasteiger partial charge in [-0.05, 0) is 12.1 Å². The Morgan fingerprint density at radius 2 is 1.55 bits per heavy atom. The minimum Gasteiger partial charge on any atom is -1.00 e. The van der Waals surface area contributed by atoms with E-state index in [1.165, 1.54) is 16.7 Å². The molecule has 3 nitrogen and oxygen atoms in total. The van der Waals surface area contributed by atoms with Crippen LogP contribution in [0.2, 0.25) is 0 Å². The molecule has 1 aliphatic rings. The predicted octanol–water partition coefficient (Wildman–Crippen LogP) is -1.56. The van der Waals surface area contributed by atoms with Crippen molar-refractivity contribution in [3.8, 4) is 0 Å². The van der Waals surface area contributed by atoms with Crippen molar-refractivity contribution in [3.63, 3.8) is 0 Å². The smallest absolute Gasteiger partial charge is 0.289 e. The zero-order valence-electron chi connectivity index (χ0n) is 10.8. The third kappa shape index (κ3) is 1.76. The van der Waals surface area contributed by atoms with Crippen molar-refractivity contribution in [1.82, 2.24) is 4.57 Å². The van der Waals surface area contributed by atoms with Gasteiger partial charge < -0.3 is 22.7 Å². The molecule has 1 aliphatic heterocycles. The van der Waals surface area contributed by atoms with Crippen LogP contribution in [0, 0.1) is 0 Å². The number of anilines is 1. The van der Waals surface area contributed by atoms with Gasteiger partial charge in [0.1, 0.15) is 0 Å². The van der Waals surface area contributed by atoms with Crippen LogP contribution in [0.25, 0.3) is 10.8 Å². The van der Waals surface area contributed by atoms with Crippen molar-refractivity contribution in [2.75, 3.05) is 5.73 Å². The largest absolute Gasteiger partial charge is 1.00 e. The summed E-state index contributed by atoms with van der Waals surface area (Å²) >= 11 is 0. The van der Waals surface area contributed by atoms with Crippen molar-refractivity contribution in [3.05, 3.63) is 60.2 Å². The summed E-state index contributed by atoms with van der Waals surface area (Å²) in [6.07, 6.45) is 0. The lowest BCUT2D eigenvalue weighted by molar-refractivity contribution is -0.350. The average Bonchev–Trinajstić information content (AvgIpc) is 3.01. The van der Waals surface area contributed by atoms with Crippen LogP contribution >= 0.6 is 0 Å². The van der Waals surface area contributed by atoms with Gasteiger partial charge in [-0.3, -0.25) is 0 Å². The van der Waals surface area contributed by atoms with Gasteiger partial charge in [-0.25, -0.2) is 9.56 Å². The molecule has 3 aromatic rings. The molecule has 4 rings (SSSR count). The second-order valence-corrected chi connectivity index (χ2v) is 4.84. The van der Waals surface area contributed by atoms with Gasteiger partial charge in [-0.1, -0.05) is 42.5 Å². The zero-order valence-corrected chi connectivity index (χ0v) is 12.4. The van der Waals surface area contributed by atoms with Crippen LogP contribution in [0.4, 0.5) is 11.6 Å². The maximum absolute atomic E-state index is 6.24. The molecule has 1 aromatic heterocycles. The maximum Gasteiger partial charge on any atom is 0.289 e. The number of fused-ring (bicyclic) bond motifs is 3. The standard InChI is InChI=1S/C16H13N3.BrH/c17-15-12-8-4-5-9-13(12)16-18-14(10-19(15)16)11-6-2-1-3-7-11;/h1-9H,10,17H2;1H. The Bertz CT molecular complexity index is 803. The van der Waals surface area contributed by atoms with E-state index in [0.29, 0.717) is 0 Å². The Kier molecular flexibility index (Phi) is 3.10. The van der Waals surface area contributed by atoms with E-state index in [4.69, 9.17) is 5.73 Å². The first kappa shape index (κ1) is 12.9. The number of nitrogens with two attached hydrogens (primary N) is 1. The molecule has 0 atom stereocenters. The Hall–Kier alpha value is -2.07. The number of halogens is 1. The number of rotatable bonds is 1. The summed E-state index contributed by atoms with van der Waals surface area (Å²) in [6, 6.07) is 18.6. The van der Waals surface area contributed by atoms with Crippen LogP contribution in [0.15, 0.2) is 54.6 Å². The van der Waals surface area contributed by atoms with Crippen LogP contribution < -0.4 is 27.7 Å². The third-order valence-electron chi connectivity index (χ3n) is 3.73. The molecule has 0 saturated heterocycles. The minimum atomic E-state index is 0. The molecule has 3 N–H and O–H groups in total.